The fraction of sp³-hybridized carbons (Fsp3) is 0.583. The van der Waals surface area contributed by atoms with Crippen LogP contribution in [0.4, 0.5) is 0 Å². The zero-order valence-corrected chi connectivity index (χ0v) is 8.76. The fourth-order valence-electron chi connectivity index (χ4n) is 1.98. The summed E-state index contributed by atoms with van der Waals surface area (Å²) in [6.07, 6.45) is 8.75. The number of allylic oxidation sites excluding steroid dienone is 4. The molecule has 13 heavy (non-hydrogen) atoms. The van der Waals surface area contributed by atoms with E-state index < -0.39 is 0 Å². The number of carbonyl (C=O) groups excluding carboxylic acids is 1. The van der Waals surface area contributed by atoms with Gasteiger partial charge in [-0.3, -0.25) is 4.79 Å². The van der Waals surface area contributed by atoms with Crippen molar-refractivity contribution < 1.29 is 4.79 Å². The molecule has 1 rings (SSSR count). The molecule has 0 N–H and O–H groups in total. The molecule has 0 aromatic heterocycles. The first-order valence-electron chi connectivity index (χ1n) is 4.91. The maximum absolute atomic E-state index is 11.8. The Morgan fingerprint density at radius 1 is 1.62 bits per heavy atom. The number of ketones is 1. The Labute approximate surface area is 80.5 Å². The van der Waals surface area contributed by atoms with Crippen LogP contribution in [0.1, 0.15) is 40.0 Å². The molecule has 0 saturated heterocycles. The van der Waals surface area contributed by atoms with Crippen molar-refractivity contribution in [3.05, 3.63) is 23.8 Å². The summed E-state index contributed by atoms with van der Waals surface area (Å²) >= 11 is 0. The van der Waals surface area contributed by atoms with Gasteiger partial charge in [-0.05, 0) is 39.2 Å². The van der Waals surface area contributed by atoms with Gasteiger partial charge in [-0.25, -0.2) is 0 Å². The molecule has 1 atom stereocenters. The Morgan fingerprint density at radius 3 is 2.85 bits per heavy atom. The largest absolute Gasteiger partial charge is 0.294 e. The van der Waals surface area contributed by atoms with E-state index in [0.717, 1.165) is 19.3 Å². The van der Waals surface area contributed by atoms with Crippen molar-refractivity contribution in [2.24, 2.45) is 5.41 Å². The number of hydrogen-bond donors (Lipinski definition) is 0. The Bertz CT molecular complexity index is 260. The summed E-state index contributed by atoms with van der Waals surface area (Å²) in [7, 11) is 0. The van der Waals surface area contributed by atoms with Crippen molar-refractivity contribution in [3.63, 3.8) is 0 Å². The highest BCUT2D eigenvalue weighted by atomic mass is 16.1. The minimum absolute atomic E-state index is 0.134. The van der Waals surface area contributed by atoms with Crippen molar-refractivity contribution in [3.8, 4) is 0 Å². The van der Waals surface area contributed by atoms with E-state index in [0.29, 0.717) is 0 Å². The first-order valence-corrected chi connectivity index (χ1v) is 4.91. The number of carbonyl (C=O) groups is 1. The van der Waals surface area contributed by atoms with Crippen LogP contribution in [0.15, 0.2) is 23.8 Å². The lowest BCUT2D eigenvalue weighted by Gasteiger charge is -2.30. The van der Waals surface area contributed by atoms with Crippen LogP contribution in [0.25, 0.3) is 0 Å². The molecule has 0 radical (unpaired) electrons. The Morgan fingerprint density at radius 2 is 2.31 bits per heavy atom. The summed E-state index contributed by atoms with van der Waals surface area (Å²) in [6.45, 7) is 6.08. The van der Waals surface area contributed by atoms with Gasteiger partial charge in [0.1, 0.15) is 0 Å². The third kappa shape index (κ3) is 2.30. The number of hydrogen-bond acceptors (Lipinski definition) is 1. The second kappa shape index (κ2) is 3.91. The molecule has 0 aromatic carbocycles. The molecule has 0 aromatic rings. The van der Waals surface area contributed by atoms with Gasteiger partial charge >= 0.3 is 0 Å². The fourth-order valence-corrected chi connectivity index (χ4v) is 1.98. The van der Waals surface area contributed by atoms with E-state index in [1.54, 1.807) is 6.08 Å². The first kappa shape index (κ1) is 10.2. The third-order valence-corrected chi connectivity index (χ3v) is 2.77. The maximum Gasteiger partial charge on any atom is 0.161 e. The van der Waals surface area contributed by atoms with Crippen molar-refractivity contribution in [1.29, 1.82) is 0 Å². The van der Waals surface area contributed by atoms with Crippen LogP contribution >= 0.6 is 0 Å². The minimum Gasteiger partial charge on any atom is -0.294 e. The average Bonchev–Trinajstić information content (AvgIpc) is 2.04. The topological polar surface area (TPSA) is 17.1 Å². The summed E-state index contributed by atoms with van der Waals surface area (Å²) in [4.78, 5) is 11.8. The SMILES string of the molecule is C/C=C\C(=O)C1(C)CCC=C(C)C1. The molecule has 1 aliphatic carbocycles. The second-order valence-electron chi connectivity index (χ2n) is 4.19. The molecule has 0 aliphatic heterocycles. The van der Waals surface area contributed by atoms with Gasteiger partial charge < -0.3 is 0 Å². The molecule has 0 spiro atoms. The second-order valence-corrected chi connectivity index (χ2v) is 4.19. The zero-order valence-electron chi connectivity index (χ0n) is 8.76. The normalized spacial score (nSPS) is 29.0. The van der Waals surface area contributed by atoms with Crippen molar-refractivity contribution >= 4 is 5.78 Å². The van der Waals surface area contributed by atoms with Gasteiger partial charge in [0.15, 0.2) is 5.78 Å². The van der Waals surface area contributed by atoms with Gasteiger partial charge in [-0.15, -0.1) is 0 Å². The quantitative estimate of drug-likeness (QED) is 0.468. The summed E-state index contributed by atoms with van der Waals surface area (Å²) < 4.78 is 0. The average molecular weight is 178 g/mol. The van der Waals surface area contributed by atoms with E-state index in [1.165, 1.54) is 5.57 Å². The summed E-state index contributed by atoms with van der Waals surface area (Å²) in [5, 5.41) is 0. The van der Waals surface area contributed by atoms with E-state index in [-0.39, 0.29) is 11.2 Å². The van der Waals surface area contributed by atoms with E-state index >= 15 is 0 Å². The van der Waals surface area contributed by atoms with Crippen LogP contribution in [0.3, 0.4) is 0 Å². The molecular weight excluding hydrogens is 160 g/mol. The Kier molecular flexibility index (Phi) is 3.07. The van der Waals surface area contributed by atoms with Crippen LogP contribution in [-0.4, -0.2) is 5.78 Å². The van der Waals surface area contributed by atoms with Gasteiger partial charge in [0.25, 0.3) is 0 Å². The maximum atomic E-state index is 11.8. The molecule has 0 saturated carbocycles. The summed E-state index contributed by atoms with van der Waals surface area (Å²) in [5.41, 5.74) is 1.22. The lowest BCUT2D eigenvalue weighted by molar-refractivity contribution is -0.123. The first-order chi connectivity index (χ1) is 6.08. The molecule has 72 valence electrons. The number of rotatable bonds is 2. The van der Waals surface area contributed by atoms with Crippen molar-refractivity contribution in [2.75, 3.05) is 0 Å². The summed E-state index contributed by atoms with van der Waals surface area (Å²) in [6, 6.07) is 0. The van der Waals surface area contributed by atoms with Crippen LogP contribution in [0.5, 0.6) is 0 Å². The van der Waals surface area contributed by atoms with Gasteiger partial charge in [0, 0.05) is 5.41 Å². The highest BCUT2D eigenvalue weighted by Crippen LogP contribution is 2.36. The van der Waals surface area contributed by atoms with E-state index in [9.17, 15) is 4.79 Å². The molecule has 1 heteroatoms. The van der Waals surface area contributed by atoms with Gasteiger partial charge in [-0.1, -0.05) is 24.6 Å². The van der Waals surface area contributed by atoms with E-state index in [4.69, 9.17) is 0 Å². The third-order valence-electron chi connectivity index (χ3n) is 2.77. The molecule has 0 heterocycles. The van der Waals surface area contributed by atoms with Crippen molar-refractivity contribution in [2.45, 2.75) is 40.0 Å². The van der Waals surface area contributed by atoms with Crippen LogP contribution in [-0.2, 0) is 4.79 Å². The van der Waals surface area contributed by atoms with Crippen LogP contribution in [0.2, 0.25) is 0 Å². The highest BCUT2D eigenvalue weighted by Gasteiger charge is 2.32. The Hall–Kier alpha value is -0.850. The van der Waals surface area contributed by atoms with Crippen molar-refractivity contribution in [1.82, 2.24) is 0 Å². The highest BCUT2D eigenvalue weighted by molar-refractivity contribution is 5.94. The molecule has 1 nitrogen and oxygen atoms in total. The molecule has 0 fully saturated rings. The lowest BCUT2D eigenvalue weighted by Crippen LogP contribution is -2.28. The predicted molar refractivity (Wildman–Crippen MR) is 55.5 cm³/mol. The zero-order chi connectivity index (χ0) is 9.90. The van der Waals surface area contributed by atoms with Gasteiger partial charge in [0.05, 0.1) is 0 Å². The minimum atomic E-state index is -0.134. The van der Waals surface area contributed by atoms with E-state index in [1.807, 2.05) is 13.0 Å². The van der Waals surface area contributed by atoms with Gasteiger partial charge in [0.2, 0.25) is 0 Å². The monoisotopic (exact) mass is 178 g/mol. The molecule has 1 aliphatic rings. The summed E-state index contributed by atoms with van der Waals surface area (Å²) in [5.74, 6) is 0.280. The Balaban J connectivity index is 2.77. The molecule has 0 bridgehead atoms. The molecule has 1 unspecified atom stereocenters. The lowest BCUT2D eigenvalue weighted by atomic mass is 9.73. The molecular formula is C12H18O. The smallest absolute Gasteiger partial charge is 0.161 e. The van der Waals surface area contributed by atoms with Gasteiger partial charge in [-0.2, -0.15) is 0 Å². The standard InChI is InChI=1S/C12H18O/c1-4-6-11(13)12(3)8-5-7-10(2)9-12/h4,6-7H,5,8-9H2,1-3H3/b6-4-. The molecule has 0 amide bonds. The van der Waals surface area contributed by atoms with E-state index in [2.05, 4.69) is 19.9 Å². The van der Waals surface area contributed by atoms with Crippen LogP contribution < -0.4 is 0 Å². The predicted octanol–water partition coefficient (Wildman–Crippen LogP) is 3.27. The van der Waals surface area contributed by atoms with Crippen LogP contribution in [0, 0.1) is 5.41 Å².